The van der Waals surface area contributed by atoms with Crippen molar-refractivity contribution >= 4 is 28.4 Å². The summed E-state index contributed by atoms with van der Waals surface area (Å²) in [4.78, 5) is 15.6. The smallest absolute Gasteiger partial charge is 0.269 e. The van der Waals surface area contributed by atoms with E-state index < -0.39 is 0 Å². The summed E-state index contributed by atoms with van der Waals surface area (Å²) in [5.74, 6) is -0.225. The minimum absolute atomic E-state index is 0.149. The van der Waals surface area contributed by atoms with Crippen LogP contribution in [0.25, 0.3) is 10.9 Å². The van der Waals surface area contributed by atoms with E-state index >= 15 is 0 Å². The largest absolute Gasteiger partial charge is 0.349 e. The second kappa shape index (κ2) is 5.50. The van der Waals surface area contributed by atoms with Crippen LogP contribution in [0.15, 0.2) is 30.5 Å². The van der Waals surface area contributed by atoms with Gasteiger partial charge in [-0.1, -0.05) is 29.8 Å². The highest BCUT2D eigenvalue weighted by atomic mass is 35.5. The Morgan fingerprint density at radius 2 is 2.14 bits per heavy atom. The van der Waals surface area contributed by atoms with Gasteiger partial charge < -0.3 is 10.3 Å². The molecule has 1 amide bonds. The molecule has 0 bridgehead atoms. The Hall–Kier alpha value is -2.27. The number of para-hydroxylation sites is 1. The third kappa shape index (κ3) is 2.37. The summed E-state index contributed by atoms with van der Waals surface area (Å²) in [5.41, 5.74) is 3.25. The number of amides is 1. The van der Waals surface area contributed by atoms with E-state index in [2.05, 4.69) is 15.4 Å². The van der Waals surface area contributed by atoms with Crippen molar-refractivity contribution < 1.29 is 4.79 Å². The molecule has 2 heterocycles. The van der Waals surface area contributed by atoms with Gasteiger partial charge in [0.15, 0.2) is 0 Å². The molecule has 0 aliphatic rings. The van der Waals surface area contributed by atoms with Crippen LogP contribution in [0.5, 0.6) is 0 Å². The van der Waals surface area contributed by atoms with Crippen molar-refractivity contribution in [1.82, 2.24) is 20.1 Å². The molecule has 0 spiro atoms. The van der Waals surface area contributed by atoms with Crippen LogP contribution in [-0.2, 0) is 7.05 Å². The lowest BCUT2D eigenvalue weighted by atomic mass is 10.1. The van der Waals surface area contributed by atoms with Crippen LogP contribution in [0, 0.1) is 6.92 Å². The van der Waals surface area contributed by atoms with Crippen molar-refractivity contribution in [3.63, 3.8) is 0 Å². The van der Waals surface area contributed by atoms with Crippen LogP contribution in [0.4, 0.5) is 0 Å². The minimum atomic E-state index is -0.225. The number of aromatic nitrogens is 3. The molecule has 0 aliphatic heterocycles. The van der Waals surface area contributed by atoms with E-state index in [4.69, 9.17) is 11.6 Å². The summed E-state index contributed by atoms with van der Waals surface area (Å²) in [6.45, 7) is 3.90. The van der Waals surface area contributed by atoms with Gasteiger partial charge in [-0.3, -0.25) is 9.48 Å². The number of carbonyl (C=O) groups is 1. The van der Waals surface area contributed by atoms with Gasteiger partial charge in [-0.2, -0.15) is 5.10 Å². The highest BCUT2D eigenvalue weighted by molar-refractivity contribution is 6.38. The van der Waals surface area contributed by atoms with Crippen molar-refractivity contribution in [2.24, 2.45) is 7.05 Å². The molecule has 0 unspecified atom stereocenters. The van der Waals surface area contributed by atoms with E-state index in [1.165, 1.54) is 0 Å². The number of H-pyrrole nitrogens is 1. The fraction of sp³-hybridized carbons (Fsp3) is 0.250. The molecule has 0 saturated carbocycles. The van der Waals surface area contributed by atoms with Gasteiger partial charge in [0, 0.05) is 29.2 Å². The number of aromatic amines is 1. The van der Waals surface area contributed by atoms with Crippen LogP contribution in [0.2, 0.25) is 5.02 Å². The lowest BCUT2D eigenvalue weighted by Gasteiger charge is -2.13. The first kappa shape index (κ1) is 14.7. The van der Waals surface area contributed by atoms with Crippen molar-refractivity contribution in [2.75, 3.05) is 0 Å². The number of benzene rings is 1. The Morgan fingerprint density at radius 1 is 1.41 bits per heavy atom. The Balaban J connectivity index is 1.87. The SMILES string of the molecule is Cc1c([C@H](C)NC(=O)c2[nH]c3ccccc3c2Cl)cnn1C. The predicted molar refractivity (Wildman–Crippen MR) is 87.1 cm³/mol. The Kier molecular flexibility index (Phi) is 3.66. The van der Waals surface area contributed by atoms with Crippen molar-refractivity contribution in [2.45, 2.75) is 19.9 Å². The second-order valence-corrected chi connectivity index (χ2v) is 5.74. The van der Waals surface area contributed by atoms with Gasteiger partial charge in [0.1, 0.15) is 5.69 Å². The molecule has 2 N–H and O–H groups in total. The second-order valence-electron chi connectivity index (χ2n) is 5.36. The number of aryl methyl sites for hydroxylation is 1. The van der Waals surface area contributed by atoms with Crippen LogP contribution in [0.1, 0.15) is 34.7 Å². The summed E-state index contributed by atoms with van der Waals surface area (Å²) in [6, 6.07) is 7.43. The third-order valence-corrected chi connectivity index (χ3v) is 4.35. The van der Waals surface area contributed by atoms with Crippen molar-refractivity contribution in [1.29, 1.82) is 0 Å². The molecule has 1 aromatic carbocycles. The Labute approximate surface area is 133 Å². The van der Waals surface area contributed by atoms with Gasteiger partial charge in [0.05, 0.1) is 17.3 Å². The molecule has 3 rings (SSSR count). The number of nitrogens with zero attached hydrogens (tertiary/aromatic N) is 2. The topological polar surface area (TPSA) is 62.7 Å². The molecule has 2 aromatic heterocycles. The molecule has 22 heavy (non-hydrogen) atoms. The lowest BCUT2D eigenvalue weighted by molar-refractivity contribution is 0.0936. The monoisotopic (exact) mass is 316 g/mol. The van der Waals surface area contributed by atoms with Gasteiger partial charge in [-0.05, 0) is 19.9 Å². The van der Waals surface area contributed by atoms with E-state index in [0.717, 1.165) is 22.2 Å². The summed E-state index contributed by atoms with van der Waals surface area (Å²) in [5, 5.41) is 8.46. The standard InChI is InChI=1S/C16H17ClN4O/c1-9(12-8-18-21(3)10(12)2)19-16(22)15-14(17)11-6-4-5-7-13(11)20-15/h4-9,20H,1-3H3,(H,19,22)/t9-/m0/s1. The molecule has 5 nitrogen and oxygen atoms in total. The van der Waals surface area contributed by atoms with Crippen molar-refractivity contribution in [3.05, 3.63) is 52.4 Å². The zero-order valence-electron chi connectivity index (χ0n) is 12.6. The first-order valence-corrected chi connectivity index (χ1v) is 7.42. The molecule has 114 valence electrons. The lowest BCUT2D eigenvalue weighted by Crippen LogP contribution is -2.27. The predicted octanol–water partition coefficient (Wildman–Crippen LogP) is 3.35. The average Bonchev–Trinajstić information content (AvgIpc) is 3.01. The van der Waals surface area contributed by atoms with E-state index in [1.54, 1.807) is 10.9 Å². The maximum absolute atomic E-state index is 12.5. The van der Waals surface area contributed by atoms with Crippen LogP contribution < -0.4 is 5.32 Å². The summed E-state index contributed by atoms with van der Waals surface area (Å²) in [7, 11) is 1.88. The minimum Gasteiger partial charge on any atom is -0.349 e. The first-order chi connectivity index (χ1) is 10.5. The van der Waals surface area contributed by atoms with Crippen LogP contribution >= 0.6 is 11.6 Å². The number of hydrogen-bond acceptors (Lipinski definition) is 2. The maximum Gasteiger partial charge on any atom is 0.269 e. The van der Waals surface area contributed by atoms with E-state index in [9.17, 15) is 4.79 Å². The van der Waals surface area contributed by atoms with E-state index in [-0.39, 0.29) is 11.9 Å². The molecule has 6 heteroatoms. The number of fused-ring (bicyclic) bond motifs is 1. The number of nitrogens with one attached hydrogen (secondary N) is 2. The summed E-state index contributed by atoms with van der Waals surface area (Å²) < 4.78 is 1.79. The molecule has 0 saturated heterocycles. The van der Waals surface area contributed by atoms with Gasteiger partial charge in [-0.15, -0.1) is 0 Å². The van der Waals surface area contributed by atoms with Gasteiger partial charge in [0.25, 0.3) is 5.91 Å². The van der Waals surface area contributed by atoms with Crippen LogP contribution in [0.3, 0.4) is 0 Å². The molecule has 0 radical (unpaired) electrons. The highest BCUT2D eigenvalue weighted by Gasteiger charge is 2.20. The van der Waals surface area contributed by atoms with E-state index in [0.29, 0.717) is 10.7 Å². The van der Waals surface area contributed by atoms with Gasteiger partial charge >= 0.3 is 0 Å². The number of halogens is 1. The molecule has 3 aromatic rings. The average molecular weight is 317 g/mol. The molecular formula is C16H17ClN4O. The van der Waals surface area contributed by atoms with Crippen LogP contribution in [-0.4, -0.2) is 20.7 Å². The maximum atomic E-state index is 12.5. The molecule has 1 atom stereocenters. The quantitative estimate of drug-likeness (QED) is 0.778. The fourth-order valence-corrected chi connectivity index (χ4v) is 2.85. The summed E-state index contributed by atoms with van der Waals surface area (Å²) >= 11 is 6.31. The molecular weight excluding hydrogens is 300 g/mol. The number of carbonyl (C=O) groups excluding carboxylic acids is 1. The number of rotatable bonds is 3. The first-order valence-electron chi connectivity index (χ1n) is 7.04. The normalized spacial score (nSPS) is 12.5. The van der Waals surface area contributed by atoms with Crippen molar-refractivity contribution in [3.8, 4) is 0 Å². The highest BCUT2D eigenvalue weighted by Crippen LogP contribution is 2.27. The Bertz CT molecular complexity index is 849. The molecule has 0 fully saturated rings. The zero-order valence-corrected chi connectivity index (χ0v) is 13.4. The number of hydrogen-bond donors (Lipinski definition) is 2. The van der Waals surface area contributed by atoms with Gasteiger partial charge in [0.2, 0.25) is 0 Å². The fourth-order valence-electron chi connectivity index (χ4n) is 2.55. The summed E-state index contributed by atoms with van der Waals surface area (Å²) in [6.07, 6.45) is 1.77. The van der Waals surface area contributed by atoms with E-state index in [1.807, 2.05) is 45.2 Å². The Morgan fingerprint density at radius 3 is 2.77 bits per heavy atom. The van der Waals surface area contributed by atoms with Gasteiger partial charge in [-0.25, -0.2) is 0 Å². The third-order valence-electron chi connectivity index (χ3n) is 3.96. The molecule has 0 aliphatic carbocycles. The zero-order chi connectivity index (χ0) is 15.9.